The van der Waals surface area contributed by atoms with Gasteiger partial charge in [0.05, 0.1) is 22.1 Å². The molecule has 0 radical (unpaired) electrons. The molecule has 0 amide bonds. The van der Waals surface area contributed by atoms with Crippen LogP contribution in [0.25, 0.3) is 111 Å². The highest BCUT2D eigenvalue weighted by Crippen LogP contribution is 2.36. The largest absolute Gasteiger partial charge is 0.436 e. The van der Waals surface area contributed by atoms with Gasteiger partial charge in [0.1, 0.15) is 11.0 Å². The van der Waals surface area contributed by atoms with Gasteiger partial charge < -0.3 is 18.0 Å². The second-order valence-corrected chi connectivity index (χ2v) is 14.2. The molecule has 0 atom stereocenters. The molecule has 0 saturated carbocycles. The van der Waals surface area contributed by atoms with E-state index in [1.54, 1.807) is 0 Å². The molecule has 4 aromatic heterocycles. The molecule has 0 fully saturated rings. The first-order valence-electron chi connectivity index (χ1n) is 18.7. The first-order valence-corrected chi connectivity index (χ1v) is 18.7. The lowest BCUT2D eigenvalue weighted by atomic mass is 10.0. The highest BCUT2D eigenvalue weighted by atomic mass is 16.4. The highest BCUT2D eigenvalue weighted by Gasteiger charge is 2.16. The van der Waals surface area contributed by atoms with Gasteiger partial charge in [-0.15, -0.1) is 0 Å². The predicted molar refractivity (Wildman–Crippen MR) is 227 cm³/mol. The summed E-state index contributed by atoms with van der Waals surface area (Å²) in [6, 6.07) is 63.3. The summed E-state index contributed by atoms with van der Waals surface area (Å²) in [6.45, 7) is 0. The molecule has 0 N–H and O–H groups in total. The molecule has 6 nitrogen and oxygen atoms in total. The molecule has 0 aliphatic rings. The van der Waals surface area contributed by atoms with Gasteiger partial charge >= 0.3 is 0 Å². The smallest absolute Gasteiger partial charge is 0.227 e. The Morgan fingerprint density at radius 1 is 0.321 bits per heavy atom. The second-order valence-electron chi connectivity index (χ2n) is 14.2. The molecular weight excluding hydrogens is 689 g/mol. The summed E-state index contributed by atoms with van der Waals surface area (Å²) in [5, 5.41) is 4.97. The van der Waals surface area contributed by atoms with E-state index < -0.39 is 0 Å². The van der Waals surface area contributed by atoms with Crippen molar-refractivity contribution < 1.29 is 8.83 Å². The van der Waals surface area contributed by atoms with E-state index in [9.17, 15) is 0 Å². The van der Waals surface area contributed by atoms with Crippen LogP contribution in [0.1, 0.15) is 0 Å². The van der Waals surface area contributed by atoms with Crippen molar-refractivity contribution in [1.29, 1.82) is 0 Å². The number of oxazole rings is 2. The van der Waals surface area contributed by atoms with Crippen LogP contribution in [-0.4, -0.2) is 19.1 Å². The number of hydrogen-bond acceptors (Lipinski definition) is 4. The molecule has 0 aliphatic carbocycles. The Balaban J connectivity index is 0.835. The van der Waals surface area contributed by atoms with Crippen molar-refractivity contribution in [2.24, 2.45) is 0 Å². The van der Waals surface area contributed by atoms with E-state index in [-0.39, 0.29) is 0 Å². The fourth-order valence-corrected chi connectivity index (χ4v) is 8.37. The van der Waals surface area contributed by atoms with Gasteiger partial charge in [0.2, 0.25) is 11.8 Å². The summed E-state index contributed by atoms with van der Waals surface area (Å²) >= 11 is 0. The molecule has 4 heterocycles. The molecule has 8 aromatic carbocycles. The Hall–Kier alpha value is -7.70. The van der Waals surface area contributed by atoms with Crippen LogP contribution in [0.4, 0.5) is 0 Å². The Bertz CT molecular complexity index is 3130. The van der Waals surface area contributed by atoms with Crippen molar-refractivity contribution >= 4 is 65.8 Å². The van der Waals surface area contributed by atoms with Crippen LogP contribution in [0.5, 0.6) is 0 Å². The third-order valence-corrected chi connectivity index (χ3v) is 11.0. The Labute approximate surface area is 320 Å². The Morgan fingerprint density at radius 2 is 0.643 bits per heavy atom. The zero-order valence-electron chi connectivity index (χ0n) is 29.9. The van der Waals surface area contributed by atoms with Gasteiger partial charge in [-0.2, -0.15) is 0 Å². The maximum atomic E-state index is 6.27. The zero-order chi connectivity index (χ0) is 36.7. The van der Waals surface area contributed by atoms with Gasteiger partial charge in [0, 0.05) is 44.0 Å². The average Bonchev–Trinajstić information content (AvgIpc) is 4.04. The van der Waals surface area contributed by atoms with Crippen molar-refractivity contribution in [2.75, 3.05) is 0 Å². The summed E-state index contributed by atoms with van der Waals surface area (Å²) in [6.07, 6.45) is 0. The number of para-hydroxylation sites is 4. The van der Waals surface area contributed by atoms with E-state index in [4.69, 9.17) is 18.8 Å². The van der Waals surface area contributed by atoms with Crippen molar-refractivity contribution in [1.82, 2.24) is 19.1 Å². The highest BCUT2D eigenvalue weighted by molar-refractivity contribution is 6.10. The summed E-state index contributed by atoms with van der Waals surface area (Å²) < 4.78 is 17.2. The van der Waals surface area contributed by atoms with Crippen LogP contribution in [0.3, 0.4) is 0 Å². The van der Waals surface area contributed by atoms with Crippen LogP contribution in [-0.2, 0) is 0 Å². The molecule has 0 aliphatic heterocycles. The van der Waals surface area contributed by atoms with E-state index >= 15 is 0 Å². The fourth-order valence-electron chi connectivity index (χ4n) is 8.37. The lowest BCUT2D eigenvalue weighted by Crippen LogP contribution is -1.93. The van der Waals surface area contributed by atoms with Crippen LogP contribution in [0.15, 0.2) is 191 Å². The molecule has 262 valence electrons. The van der Waals surface area contributed by atoms with Gasteiger partial charge in [-0.05, 0) is 108 Å². The number of nitrogens with zero attached hydrogens (tertiary/aromatic N) is 4. The predicted octanol–water partition coefficient (Wildman–Crippen LogP) is 13.2. The molecule has 0 unspecified atom stereocenters. The summed E-state index contributed by atoms with van der Waals surface area (Å²) in [5.41, 5.74) is 13.9. The monoisotopic (exact) mass is 718 g/mol. The molecular formula is C50H30N4O2. The van der Waals surface area contributed by atoms with Crippen LogP contribution in [0.2, 0.25) is 0 Å². The first-order chi connectivity index (χ1) is 27.7. The van der Waals surface area contributed by atoms with E-state index in [1.165, 1.54) is 43.6 Å². The van der Waals surface area contributed by atoms with Gasteiger partial charge in [0.15, 0.2) is 11.2 Å². The lowest BCUT2D eigenvalue weighted by Gasteiger charge is -2.08. The maximum absolute atomic E-state index is 6.27. The fraction of sp³-hybridized carbons (Fsp3) is 0. The van der Waals surface area contributed by atoms with Crippen molar-refractivity contribution in [3.05, 3.63) is 182 Å². The standard InChI is InChI=1S/C50H30N4O2/c1-5-13-43-37(9-1)38-10-2-6-14-44(38)53(43)35-23-17-31(18-24-35)49-51-41-29-33(21-27-47(41)55-49)34-22-28-48-42(30-34)52-50(56-48)32-19-25-36(26-20-32)54-45-15-7-3-11-39(45)40-12-4-8-16-46(40)54/h1-30H. The van der Waals surface area contributed by atoms with Crippen molar-refractivity contribution in [3.63, 3.8) is 0 Å². The second kappa shape index (κ2) is 11.9. The summed E-state index contributed by atoms with van der Waals surface area (Å²) in [4.78, 5) is 9.83. The van der Waals surface area contributed by atoms with Gasteiger partial charge in [-0.1, -0.05) is 84.9 Å². The van der Waals surface area contributed by atoms with Crippen LogP contribution >= 0.6 is 0 Å². The number of aromatic nitrogens is 4. The van der Waals surface area contributed by atoms with Crippen LogP contribution in [0, 0.1) is 0 Å². The van der Waals surface area contributed by atoms with Crippen molar-refractivity contribution in [2.45, 2.75) is 0 Å². The number of rotatable bonds is 5. The first kappa shape index (κ1) is 30.7. The minimum Gasteiger partial charge on any atom is -0.436 e. The third-order valence-electron chi connectivity index (χ3n) is 11.0. The van der Waals surface area contributed by atoms with E-state index in [2.05, 4.69) is 179 Å². The zero-order valence-corrected chi connectivity index (χ0v) is 29.9. The summed E-state index contributed by atoms with van der Waals surface area (Å²) in [7, 11) is 0. The van der Waals surface area contributed by atoms with E-state index in [0.717, 1.165) is 55.8 Å². The maximum Gasteiger partial charge on any atom is 0.227 e. The minimum atomic E-state index is 0.590. The molecule has 56 heavy (non-hydrogen) atoms. The Kier molecular flexibility index (Phi) is 6.53. The third kappa shape index (κ3) is 4.69. The lowest BCUT2D eigenvalue weighted by molar-refractivity contribution is 0.619. The number of benzene rings is 8. The van der Waals surface area contributed by atoms with Gasteiger partial charge in [0.25, 0.3) is 0 Å². The molecule has 6 heteroatoms. The van der Waals surface area contributed by atoms with Crippen molar-refractivity contribution in [3.8, 4) is 45.4 Å². The molecule has 0 saturated heterocycles. The Morgan fingerprint density at radius 3 is 1.00 bits per heavy atom. The average molecular weight is 719 g/mol. The number of fused-ring (bicyclic) bond motifs is 8. The minimum absolute atomic E-state index is 0.590. The molecule has 0 spiro atoms. The summed E-state index contributed by atoms with van der Waals surface area (Å²) in [5.74, 6) is 1.18. The molecule has 0 bridgehead atoms. The molecule has 12 rings (SSSR count). The van der Waals surface area contributed by atoms with E-state index in [0.29, 0.717) is 11.8 Å². The SMILES string of the molecule is c1ccc2c(c1)c1ccccc1n2-c1ccc(-c2nc3cc(-c4ccc5oc(-c6ccc(-n7c8ccccc8c8ccccc87)cc6)nc5c4)ccc3o2)cc1. The van der Waals surface area contributed by atoms with Gasteiger partial charge in [-0.3, -0.25) is 0 Å². The van der Waals surface area contributed by atoms with Crippen LogP contribution < -0.4 is 0 Å². The topological polar surface area (TPSA) is 61.9 Å². The van der Waals surface area contributed by atoms with Gasteiger partial charge in [-0.25, -0.2) is 9.97 Å². The quantitative estimate of drug-likeness (QED) is 0.178. The number of hydrogen-bond donors (Lipinski definition) is 0. The van der Waals surface area contributed by atoms with E-state index in [1.807, 2.05) is 12.1 Å². The molecule has 12 aromatic rings. The normalized spacial score (nSPS) is 11.9.